The van der Waals surface area contributed by atoms with Gasteiger partial charge in [0.25, 0.3) is 0 Å². The van der Waals surface area contributed by atoms with E-state index in [2.05, 4.69) is 0 Å². The molecule has 1 aromatic carbocycles. The van der Waals surface area contributed by atoms with E-state index >= 15 is 0 Å². The zero-order valence-electron chi connectivity index (χ0n) is 5.50. The predicted octanol–water partition coefficient (Wildman–Crippen LogP) is 1.77. The van der Waals surface area contributed by atoms with Crippen LogP contribution >= 0.6 is 11.6 Å². The molecule has 58 valence electrons. The molecule has 0 aromatic heterocycles. The lowest BCUT2D eigenvalue weighted by atomic mass is 10.3. The Kier molecular flexibility index (Phi) is 1.32. The second-order valence-corrected chi connectivity index (χ2v) is 2.56. The monoisotopic (exact) mass is 172 g/mol. The van der Waals surface area contributed by atoms with Gasteiger partial charge in [0.15, 0.2) is 11.5 Å². The van der Waals surface area contributed by atoms with Gasteiger partial charge >= 0.3 is 0 Å². The van der Waals surface area contributed by atoms with E-state index in [1.165, 1.54) is 12.1 Å². The van der Waals surface area contributed by atoms with Crippen LogP contribution < -0.4 is 9.47 Å². The number of hydrogen-bond acceptors (Lipinski definition) is 3. The van der Waals surface area contributed by atoms with Crippen LogP contribution in [0.2, 0.25) is 5.02 Å². The fraction of sp³-hybridized carbons (Fsp3) is 0.143. The first-order valence-corrected chi connectivity index (χ1v) is 3.43. The molecular formula is C7H5ClO3. The molecule has 1 N–H and O–H groups in total. The Balaban J connectivity index is 2.57. The van der Waals surface area contributed by atoms with Crippen LogP contribution in [0.5, 0.6) is 17.2 Å². The maximum Gasteiger partial charge on any atom is 0.231 e. The van der Waals surface area contributed by atoms with Gasteiger partial charge in [0.2, 0.25) is 6.79 Å². The highest BCUT2D eigenvalue weighted by atomic mass is 35.5. The van der Waals surface area contributed by atoms with Crippen molar-refractivity contribution in [1.82, 2.24) is 0 Å². The first kappa shape index (κ1) is 6.61. The lowest BCUT2D eigenvalue weighted by Gasteiger charge is -1.97. The number of ether oxygens (including phenoxy) is 2. The molecule has 0 saturated heterocycles. The molecule has 0 bridgehead atoms. The molecule has 3 nitrogen and oxygen atoms in total. The van der Waals surface area contributed by atoms with Gasteiger partial charge in [0, 0.05) is 12.1 Å². The Hall–Kier alpha value is -1.09. The summed E-state index contributed by atoms with van der Waals surface area (Å²) in [6, 6.07) is 2.96. The lowest BCUT2D eigenvalue weighted by Crippen LogP contribution is -1.92. The van der Waals surface area contributed by atoms with Crippen LogP contribution in [0.25, 0.3) is 0 Å². The highest BCUT2D eigenvalue weighted by Gasteiger charge is 2.15. The molecule has 0 amide bonds. The van der Waals surface area contributed by atoms with E-state index in [1.807, 2.05) is 0 Å². The fourth-order valence-electron chi connectivity index (χ4n) is 0.906. The quantitative estimate of drug-likeness (QED) is 0.648. The van der Waals surface area contributed by atoms with Crippen molar-refractivity contribution in [2.75, 3.05) is 6.79 Å². The lowest BCUT2D eigenvalue weighted by molar-refractivity contribution is 0.174. The Morgan fingerprint density at radius 3 is 2.64 bits per heavy atom. The van der Waals surface area contributed by atoms with Crippen LogP contribution in [-0.2, 0) is 0 Å². The number of halogens is 1. The van der Waals surface area contributed by atoms with Crippen molar-refractivity contribution in [2.45, 2.75) is 0 Å². The molecule has 2 rings (SSSR count). The molecule has 0 saturated carbocycles. The Bertz CT molecular complexity index is 269. The summed E-state index contributed by atoms with van der Waals surface area (Å²) in [5, 5.41) is 9.39. The zero-order chi connectivity index (χ0) is 7.84. The van der Waals surface area contributed by atoms with Gasteiger partial charge in [-0.2, -0.15) is 0 Å². The standard InChI is InChI=1S/C7H5ClO3/c8-4-1-6-7(2-5(4)9)11-3-10-6/h1-2,9H,3H2. The summed E-state index contributed by atoms with van der Waals surface area (Å²) in [6.45, 7) is 0.190. The van der Waals surface area contributed by atoms with Gasteiger partial charge in [0.05, 0.1) is 5.02 Å². The summed E-state index contributed by atoms with van der Waals surface area (Å²) in [7, 11) is 0. The fourth-order valence-corrected chi connectivity index (χ4v) is 1.06. The highest BCUT2D eigenvalue weighted by Crippen LogP contribution is 2.39. The van der Waals surface area contributed by atoms with Crippen LogP contribution in [0, 0.1) is 0 Å². The molecule has 0 atom stereocenters. The summed E-state index contributed by atoms with van der Waals surface area (Å²) < 4.78 is 10.0. The molecule has 1 aliphatic heterocycles. The van der Waals surface area contributed by atoms with E-state index in [0.717, 1.165) is 0 Å². The molecule has 1 heterocycles. The summed E-state index contributed by atoms with van der Waals surface area (Å²) in [4.78, 5) is 0. The second-order valence-electron chi connectivity index (χ2n) is 2.16. The minimum absolute atomic E-state index is 0.0101. The van der Waals surface area contributed by atoms with Crippen molar-refractivity contribution in [2.24, 2.45) is 0 Å². The third-order valence-corrected chi connectivity index (χ3v) is 1.74. The molecule has 0 fully saturated rings. The average Bonchev–Trinajstić information content (AvgIpc) is 2.36. The van der Waals surface area contributed by atoms with Crippen molar-refractivity contribution >= 4 is 11.6 Å². The van der Waals surface area contributed by atoms with E-state index in [4.69, 9.17) is 26.2 Å². The van der Waals surface area contributed by atoms with Crippen molar-refractivity contribution in [1.29, 1.82) is 0 Å². The molecule has 11 heavy (non-hydrogen) atoms. The van der Waals surface area contributed by atoms with Crippen LogP contribution in [-0.4, -0.2) is 11.9 Å². The largest absolute Gasteiger partial charge is 0.506 e. The van der Waals surface area contributed by atoms with Crippen molar-refractivity contribution in [3.63, 3.8) is 0 Å². The first-order valence-electron chi connectivity index (χ1n) is 3.05. The number of phenols is 1. The van der Waals surface area contributed by atoms with Crippen LogP contribution in [0.3, 0.4) is 0 Å². The molecular weight excluding hydrogens is 168 g/mol. The maximum absolute atomic E-state index is 9.12. The topological polar surface area (TPSA) is 38.7 Å². The van der Waals surface area contributed by atoms with E-state index in [0.29, 0.717) is 11.5 Å². The molecule has 1 aromatic rings. The highest BCUT2D eigenvalue weighted by molar-refractivity contribution is 6.32. The van der Waals surface area contributed by atoms with Crippen molar-refractivity contribution in [3.8, 4) is 17.2 Å². The third kappa shape index (κ3) is 0.973. The van der Waals surface area contributed by atoms with E-state index < -0.39 is 0 Å². The summed E-state index contributed by atoms with van der Waals surface area (Å²) in [6.07, 6.45) is 0. The van der Waals surface area contributed by atoms with Gasteiger partial charge in [-0.3, -0.25) is 0 Å². The van der Waals surface area contributed by atoms with Gasteiger partial charge in [0.1, 0.15) is 5.75 Å². The smallest absolute Gasteiger partial charge is 0.231 e. The number of fused-ring (bicyclic) bond motifs is 1. The Labute approximate surface area is 68.1 Å². The maximum atomic E-state index is 9.12. The molecule has 0 radical (unpaired) electrons. The summed E-state index contributed by atoms with van der Waals surface area (Å²) in [5.41, 5.74) is 0. The first-order chi connectivity index (χ1) is 5.27. The van der Waals surface area contributed by atoms with Gasteiger partial charge in [-0.15, -0.1) is 0 Å². The average molecular weight is 173 g/mol. The number of hydrogen-bond donors (Lipinski definition) is 1. The molecule has 0 aliphatic carbocycles. The number of benzene rings is 1. The van der Waals surface area contributed by atoms with Crippen LogP contribution in [0.15, 0.2) is 12.1 Å². The molecule has 0 spiro atoms. The SMILES string of the molecule is Oc1cc2c(cc1Cl)OCO2. The summed E-state index contributed by atoms with van der Waals surface area (Å²) in [5.74, 6) is 1.12. The number of aromatic hydroxyl groups is 1. The van der Waals surface area contributed by atoms with Crippen LogP contribution in [0.4, 0.5) is 0 Å². The number of phenolic OH excluding ortho intramolecular Hbond substituents is 1. The van der Waals surface area contributed by atoms with Gasteiger partial charge in [-0.25, -0.2) is 0 Å². The molecule has 1 aliphatic rings. The predicted molar refractivity (Wildman–Crippen MR) is 39.2 cm³/mol. The molecule has 4 heteroatoms. The van der Waals surface area contributed by atoms with E-state index in [9.17, 15) is 0 Å². The Morgan fingerprint density at radius 2 is 1.91 bits per heavy atom. The molecule has 0 unspecified atom stereocenters. The van der Waals surface area contributed by atoms with Gasteiger partial charge in [-0.05, 0) is 0 Å². The van der Waals surface area contributed by atoms with E-state index in [1.54, 1.807) is 0 Å². The third-order valence-electron chi connectivity index (χ3n) is 1.44. The van der Waals surface area contributed by atoms with Crippen molar-refractivity contribution in [3.05, 3.63) is 17.2 Å². The minimum atomic E-state index is 0.0101. The summed E-state index contributed by atoms with van der Waals surface area (Å²) >= 11 is 5.61. The van der Waals surface area contributed by atoms with Crippen molar-refractivity contribution < 1.29 is 14.6 Å². The van der Waals surface area contributed by atoms with Crippen LogP contribution in [0.1, 0.15) is 0 Å². The zero-order valence-corrected chi connectivity index (χ0v) is 6.26. The van der Waals surface area contributed by atoms with Gasteiger partial charge < -0.3 is 14.6 Å². The normalized spacial score (nSPS) is 13.5. The number of rotatable bonds is 0. The second kappa shape index (κ2) is 2.20. The minimum Gasteiger partial charge on any atom is -0.506 e. The van der Waals surface area contributed by atoms with E-state index in [-0.39, 0.29) is 17.6 Å². The van der Waals surface area contributed by atoms with Gasteiger partial charge in [-0.1, -0.05) is 11.6 Å². The Morgan fingerprint density at radius 1 is 1.27 bits per heavy atom.